The summed E-state index contributed by atoms with van der Waals surface area (Å²) < 4.78 is 5.43. The molecule has 5 rings (SSSR count). The van der Waals surface area contributed by atoms with Gasteiger partial charge in [-0.3, -0.25) is 10.1 Å². The highest BCUT2D eigenvalue weighted by molar-refractivity contribution is 5.68. The number of nitrogens with one attached hydrogen (secondary N) is 2. The molecule has 0 saturated heterocycles. The zero-order valence-electron chi connectivity index (χ0n) is 16.7. The van der Waals surface area contributed by atoms with E-state index >= 15 is 0 Å². The van der Waals surface area contributed by atoms with Gasteiger partial charge in [-0.05, 0) is 61.3 Å². The molecule has 1 aromatic rings. The van der Waals surface area contributed by atoms with Crippen LogP contribution in [0.25, 0.3) is 0 Å². The summed E-state index contributed by atoms with van der Waals surface area (Å²) in [5.74, 6) is 1.20. The van der Waals surface area contributed by atoms with Gasteiger partial charge in [0.2, 0.25) is 0 Å². The lowest BCUT2D eigenvalue weighted by molar-refractivity contribution is -0.858. The van der Waals surface area contributed by atoms with Crippen molar-refractivity contribution in [3.8, 4) is 0 Å². The van der Waals surface area contributed by atoms with Gasteiger partial charge in [0, 0.05) is 17.7 Å². The van der Waals surface area contributed by atoms with Crippen molar-refractivity contribution in [3.63, 3.8) is 0 Å². The first-order chi connectivity index (χ1) is 13.3. The smallest absolute Gasteiger partial charge is 0.407 e. The van der Waals surface area contributed by atoms with Crippen LogP contribution in [-0.4, -0.2) is 43.8 Å². The fourth-order valence-electron chi connectivity index (χ4n) is 6.28. The molecule has 7 heteroatoms. The fourth-order valence-corrected chi connectivity index (χ4v) is 6.28. The molecule has 0 radical (unpaired) electrons. The van der Waals surface area contributed by atoms with E-state index in [1.165, 1.54) is 16.9 Å². The van der Waals surface area contributed by atoms with E-state index in [0.717, 1.165) is 38.6 Å². The zero-order chi connectivity index (χ0) is 19.9. The fraction of sp³-hybridized carbons (Fsp3) is 0.667. The van der Waals surface area contributed by atoms with Gasteiger partial charge in [0.1, 0.15) is 13.2 Å². The van der Waals surface area contributed by atoms with Gasteiger partial charge in [0.05, 0.1) is 19.0 Å². The number of nitrogens with zero attached hydrogens (tertiary/aromatic N) is 1. The van der Waals surface area contributed by atoms with Gasteiger partial charge in [-0.2, -0.15) is 0 Å². The van der Waals surface area contributed by atoms with Crippen LogP contribution in [0.5, 0.6) is 0 Å². The molecule has 4 atom stereocenters. The second-order valence-corrected chi connectivity index (χ2v) is 9.54. The minimum atomic E-state index is -0.349. The molecule has 1 amide bonds. The first-order valence-electron chi connectivity index (χ1n) is 10.3. The summed E-state index contributed by atoms with van der Waals surface area (Å²) in [5, 5.41) is 14.2. The van der Waals surface area contributed by atoms with E-state index in [-0.39, 0.29) is 27.7 Å². The number of carbonyl (C=O) groups is 1. The second-order valence-electron chi connectivity index (χ2n) is 9.54. The van der Waals surface area contributed by atoms with Gasteiger partial charge in [-0.15, -0.1) is 0 Å². The number of amides is 1. The second kappa shape index (κ2) is 7.03. The summed E-state index contributed by atoms with van der Waals surface area (Å²) in [5.41, 5.74) is 1.13. The largest absolute Gasteiger partial charge is 0.444 e. The molecular formula is C21H30N3O4+. The predicted molar refractivity (Wildman–Crippen MR) is 104 cm³/mol. The average molecular weight is 388 g/mol. The molecule has 28 heavy (non-hydrogen) atoms. The van der Waals surface area contributed by atoms with Crippen LogP contribution >= 0.6 is 0 Å². The Balaban J connectivity index is 1.52. The summed E-state index contributed by atoms with van der Waals surface area (Å²) in [6.45, 7) is 1.21. The normalized spacial score (nSPS) is 33.1. The van der Waals surface area contributed by atoms with Gasteiger partial charge in [-0.1, -0.05) is 12.1 Å². The van der Waals surface area contributed by atoms with Crippen LogP contribution in [0.15, 0.2) is 24.3 Å². The highest BCUT2D eigenvalue weighted by Gasteiger charge is 2.58. The zero-order valence-corrected chi connectivity index (χ0v) is 16.7. The van der Waals surface area contributed by atoms with Gasteiger partial charge < -0.3 is 15.0 Å². The molecule has 0 spiro atoms. The van der Waals surface area contributed by atoms with Crippen LogP contribution < -0.4 is 10.2 Å². The van der Waals surface area contributed by atoms with Crippen LogP contribution in [0.1, 0.15) is 44.1 Å². The average Bonchev–Trinajstić information content (AvgIpc) is 2.59. The van der Waals surface area contributed by atoms with Gasteiger partial charge in [-0.25, -0.2) is 4.79 Å². The first kappa shape index (κ1) is 19.2. The Labute approximate surface area is 165 Å². The van der Waals surface area contributed by atoms with Gasteiger partial charge in [0.15, 0.2) is 0 Å². The maximum Gasteiger partial charge on any atom is 0.407 e. The summed E-state index contributed by atoms with van der Waals surface area (Å²) in [7, 11) is 4.07. The first-order valence-corrected chi connectivity index (χ1v) is 10.3. The molecule has 0 heterocycles. The van der Waals surface area contributed by atoms with Gasteiger partial charge >= 0.3 is 6.09 Å². The molecule has 4 aliphatic rings. The Morgan fingerprint density at radius 3 is 2.43 bits per heavy atom. The molecule has 2 unspecified atom stereocenters. The Kier molecular flexibility index (Phi) is 4.81. The monoisotopic (exact) mass is 388 g/mol. The maximum absolute atomic E-state index is 12.5. The molecule has 2 N–H and O–H groups in total. The molecule has 152 valence electrons. The lowest BCUT2D eigenvalue weighted by Gasteiger charge is -2.62. The molecule has 4 fully saturated rings. The number of ether oxygens (including phenoxy) is 1. The number of carbonyl (C=O) groups excluding carboxylic acids is 1. The van der Waals surface area contributed by atoms with E-state index < -0.39 is 0 Å². The van der Waals surface area contributed by atoms with Crippen LogP contribution in [0, 0.1) is 22.0 Å². The van der Waals surface area contributed by atoms with E-state index in [9.17, 15) is 14.9 Å². The number of nitro benzene ring substituents is 1. The van der Waals surface area contributed by atoms with Crippen LogP contribution in [0.2, 0.25) is 0 Å². The van der Waals surface area contributed by atoms with Crippen molar-refractivity contribution in [2.75, 3.05) is 27.2 Å². The molecule has 7 nitrogen and oxygen atoms in total. The Hall–Kier alpha value is -2.15. The number of non-ortho nitro benzene ring substituents is 1. The van der Waals surface area contributed by atoms with Gasteiger partial charge in [0.25, 0.3) is 5.69 Å². The SMILES string of the molecule is C[NH+](C)CCOC(=O)NC12C[C@H]3C[C@@H](C1)CC(c1ccc([N+](=O)[O-])cc1)(C3)C2. The summed E-state index contributed by atoms with van der Waals surface area (Å²) in [6.07, 6.45) is 6.10. The molecule has 4 saturated carbocycles. The van der Waals surface area contributed by atoms with Crippen molar-refractivity contribution >= 4 is 11.8 Å². The summed E-state index contributed by atoms with van der Waals surface area (Å²) in [6, 6.07) is 7.09. The molecular weight excluding hydrogens is 358 g/mol. The number of quaternary nitrogens is 1. The van der Waals surface area contributed by atoms with E-state index in [1.54, 1.807) is 12.1 Å². The van der Waals surface area contributed by atoms with E-state index in [1.807, 2.05) is 26.2 Å². The Morgan fingerprint density at radius 1 is 1.21 bits per heavy atom. The number of hydrogen-bond donors (Lipinski definition) is 2. The quantitative estimate of drug-likeness (QED) is 0.577. The van der Waals surface area contributed by atoms with Crippen molar-refractivity contribution in [1.29, 1.82) is 0 Å². The Bertz CT molecular complexity index is 747. The minimum absolute atomic E-state index is 0.0142. The van der Waals surface area contributed by atoms with E-state index in [4.69, 9.17) is 4.74 Å². The number of rotatable bonds is 6. The molecule has 4 aliphatic carbocycles. The topological polar surface area (TPSA) is 85.9 Å². The molecule has 4 bridgehead atoms. The third-order valence-corrected chi connectivity index (χ3v) is 6.95. The van der Waals surface area contributed by atoms with Crippen molar-refractivity contribution < 1.29 is 19.4 Å². The molecule has 0 aromatic heterocycles. The predicted octanol–water partition coefficient (Wildman–Crippen LogP) is 2.06. The highest BCUT2D eigenvalue weighted by atomic mass is 16.6. The number of nitro groups is 1. The van der Waals surface area contributed by atoms with Crippen molar-refractivity contribution in [2.45, 2.75) is 49.5 Å². The summed E-state index contributed by atoms with van der Waals surface area (Å²) >= 11 is 0. The van der Waals surface area contributed by atoms with Crippen LogP contribution in [0.4, 0.5) is 10.5 Å². The van der Waals surface area contributed by atoms with Crippen molar-refractivity contribution in [3.05, 3.63) is 39.9 Å². The molecule has 1 aromatic carbocycles. The van der Waals surface area contributed by atoms with E-state index in [0.29, 0.717) is 18.4 Å². The Morgan fingerprint density at radius 2 is 1.86 bits per heavy atom. The van der Waals surface area contributed by atoms with Crippen LogP contribution in [-0.2, 0) is 10.2 Å². The third kappa shape index (κ3) is 3.60. The van der Waals surface area contributed by atoms with Crippen molar-refractivity contribution in [2.24, 2.45) is 11.8 Å². The number of alkyl carbamates (subject to hydrolysis) is 1. The lowest BCUT2D eigenvalue weighted by atomic mass is 9.45. The highest BCUT2D eigenvalue weighted by Crippen LogP contribution is 2.62. The van der Waals surface area contributed by atoms with E-state index in [2.05, 4.69) is 5.32 Å². The standard InChI is InChI=1S/C21H29N3O4/c1-23(2)7-8-28-19(25)22-21-12-15-9-16(13-21)11-20(10-15,14-21)17-3-5-18(6-4-17)24(26)27/h3-6,15-16H,7-14H2,1-2H3,(H,22,25)/p+1/t15-,16+,20?,21?. The number of likely N-dealkylation sites (N-methyl/N-ethyl adjacent to an activating group) is 1. The third-order valence-electron chi connectivity index (χ3n) is 6.95. The van der Waals surface area contributed by atoms with Crippen molar-refractivity contribution in [1.82, 2.24) is 5.32 Å². The van der Waals surface area contributed by atoms with Crippen LogP contribution in [0.3, 0.4) is 0 Å². The number of hydrogen-bond acceptors (Lipinski definition) is 4. The molecule has 0 aliphatic heterocycles. The lowest BCUT2D eigenvalue weighted by Crippen LogP contribution is -3.06. The minimum Gasteiger partial charge on any atom is -0.444 e. The number of benzene rings is 1. The maximum atomic E-state index is 12.5. The summed E-state index contributed by atoms with van der Waals surface area (Å²) in [4.78, 5) is 24.4.